The first kappa shape index (κ1) is 18.4. The van der Waals surface area contributed by atoms with E-state index in [1.807, 2.05) is 13.0 Å². The number of fused-ring (bicyclic) bond motifs is 1. The predicted octanol–water partition coefficient (Wildman–Crippen LogP) is 2.88. The summed E-state index contributed by atoms with van der Waals surface area (Å²) >= 11 is 0. The number of amides is 1. The highest BCUT2D eigenvalue weighted by Gasteiger charge is 2.20. The fraction of sp³-hybridized carbons (Fsp3) is 0.250. The highest BCUT2D eigenvalue weighted by molar-refractivity contribution is 6.02. The molecule has 138 valence electrons. The van der Waals surface area contributed by atoms with Crippen LogP contribution in [0.1, 0.15) is 39.9 Å². The van der Waals surface area contributed by atoms with Gasteiger partial charge in [-0.05, 0) is 24.6 Å². The van der Waals surface area contributed by atoms with Crippen LogP contribution in [0.2, 0.25) is 0 Å². The molecule has 0 radical (unpaired) electrons. The maximum atomic E-state index is 12.7. The molecule has 0 atom stereocenters. The average molecular weight is 363 g/mol. The van der Waals surface area contributed by atoms with Crippen molar-refractivity contribution in [1.29, 1.82) is 0 Å². The molecular formula is C20H21N5O2. The Kier molecular flexibility index (Phi) is 4.85. The van der Waals surface area contributed by atoms with Gasteiger partial charge in [0.25, 0.3) is 5.91 Å². The second-order valence-corrected chi connectivity index (χ2v) is 6.55. The van der Waals surface area contributed by atoms with Crippen molar-refractivity contribution in [3.8, 4) is 11.1 Å². The van der Waals surface area contributed by atoms with Gasteiger partial charge in [-0.2, -0.15) is 0 Å². The van der Waals surface area contributed by atoms with Crippen molar-refractivity contribution in [2.75, 3.05) is 19.8 Å². The molecule has 0 saturated carbocycles. The summed E-state index contributed by atoms with van der Waals surface area (Å²) in [5.41, 5.74) is 9.31. The monoisotopic (exact) mass is 363 g/mol. The minimum absolute atomic E-state index is 0.0226. The molecule has 2 N–H and O–H groups in total. The van der Waals surface area contributed by atoms with Crippen LogP contribution in [-0.2, 0) is 0 Å². The van der Waals surface area contributed by atoms with E-state index in [0.717, 1.165) is 16.5 Å². The minimum Gasteiger partial charge on any atom is -0.384 e. The van der Waals surface area contributed by atoms with Gasteiger partial charge in [0.15, 0.2) is 5.78 Å². The van der Waals surface area contributed by atoms with Crippen molar-refractivity contribution >= 4 is 28.4 Å². The molecule has 0 aliphatic rings. The third-order valence-corrected chi connectivity index (χ3v) is 4.34. The third kappa shape index (κ3) is 3.48. The van der Waals surface area contributed by atoms with E-state index in [0.29, 0.717) is 34.7 Å². The van der Waals surface area contributed by atoms with Gasteiger partial charge in [0.1, 0.15) is 17.2 Å². The smallest absolute Gasteiger partial charge is 0.272 e. The number of rotatable bonds is 4. The van der Waals surface area contributed by atoms with Crippen molar-refractivity contribution in [2.45, 2.75) is 20.3 Å². The summed E-state index contributed by atoms with van der Waals surface area (Å²) in [6, 6.07) is 5.24. The number of nitrogens with zero attached hydrogens (tertiary/aromatic N) is 4. The van der Waals surface area contributed by atoms with E-state index in [1.165, 1.54) is 4.90 Å². The molecule has 0 unspecified atom stereocenters. The first-order chi connectivity index (χ1) is 12.8. The molecule has 0 aliphatic heterocycles. The van der Waals surface area contributed by atoms with Gasteiger partial charge in [-0.3, -0.25) is 14.6 Å². The van der Waals surface area contributed by atoms with Crippen LogP contribution in [-0.4, -0.2) is 45.6 Å². The molecule has 0 aliphatic carbocycles. The molecule has 0 bridgehead atoms. The predicted molar refractivity (Wildman–Crippen MR) is 105 cm³/mol. The Bertz CT molecular complexity index is 1060. The number of hydrogen-bond acceptors (Lipinski definition) is 6. The van der Waals surface area contributed by atoms with Gasteiger partial charge in [0.05, 0.1) is 5.52 Å². The molecule has 0 saturated heterocycles. The standard InChI is InChI=1S/C20H21N5O2/c1-5-17(26)16-6-11(2)14(10-22-16)13-7-12-9-23-18(21)8-15(12)24-19(13)20(27)25(3)4/h6-10H,5H2,1-4H3,(H2,21,23). The van der Waals surface area contributed by atoms with Gasteiger partial charge in [0.2, 0.25) is 0 Å². The lowest BCUT2D eigenvalue weighted by atomic mass is 9.98. The maximum absolute atomic E-state index is 12.7. The van der Waals surface area contributed by atoms with Crippen LogP contribution in [0.25, 0.3) is 22.0 Å². The molecule has 3 rings (SSSR count). The quantitative estimate of drug-likeness (QED) is 0.715. The SMILES string of the molecule is CCC(=O)c1cc(C)c(-c2cc3cnc(N)cc3nc2C(=O)N(C)C)cn1. The van der Waals surface area contributed by atoms with Crippen molar-refractivity contribution in [3.63, 3.8) is 0 Å². The topological polar surface area (TPSA) is 102 Å². The Balaban J connectivity index is 2.26. The zero-order valence-electron chi connectivity index (χ0n) is 15.8. The van der Waals surface area contributed by atoms with Crippen LogP contribution in [0.4, 0.5) is 5.82 Å². The number of anilines is 1. The Hall–Kier alpha value is -3.35. The summed E-state index contributed by atoms with van der Waals surface area (Å²) in [4.78, 5) is 39.1. The first-order valence-electron chi connectivity index (χ1n) is 8.60. The number of nitrogen functional groups attached to an aromatic ring is 1. The van der Waals surface area contributed by atoms with Crippen LogP contribution < -0.4 is 5.73 Å². The molecule has 3 heterocycles. The Labute approximate surface area is 157 Å². The summed E-state index contributed by atoms with van der Waals surface area (Å²) in [6.07, 6.45) is 3.64. The van der Waals surface area contributed by atoms with Crippen LogP contribution in [0.3, 0.4) is 0 Å². The fourth-order valence-electron chi connectivity index (χ4n) is 2.84. The van der Waals surface area contributed by atoms with Crippen LogP contribution >= 0.6 is 0 Å². The summed E-state index contributed by atoms with van der Waals surface area (Å²) in [6.45, 7) is 3.69. The highest BCUT2D eigenvalue weighted by Crippen LogP contribution is 2.30. The second-order valence-electron chi connectivity index (χ2n) is 6.55. The molecule has 7 nitrogen and oxygen atoms in total. The van der Waals surface area contributed by atoms with Crippen LogP contribution in [0, 0.1) is 6.92 Å². The summed E-state index contributed by atoms with van der Waals surface area (Å²) in [5, 5.41) is 0.766. The molecule has 3 aromatic rings. The number of nitrogens with two attached hydrogens (primary N) is 1. The Morgan fingerprint density at radius 2 is 1.81 bits per heavy atom. The van der Waals surface area contributed by atoms with Gasteiger partial charge in [-0.15, -0.1) is 0 Å². The van der Waals surface area contributed by atoms with E-state index < -0.39 is 0 Å². The van der Waals surface area contributed by atoms with E-state index in [9.17, 15) is 9.59 Å². The van der Waals surface area contributed by atoms with E-state index in [1.54, 1.807) is 45.5 Å². The van der Waals surface area contributed by atoms with Gasteiger partial charge in [0, 0.05) is 55.5 Å². The summed E-state index contributed by atoms with van der Waals surface area (Å²) < 4.78 is 0. The van der Waals surface area contributed by atoms with E-state index in [2.05, 4.69) is 15.0 Å². The summed E-state index contributed by atoms with van der Waals surface area (Å²) in [5.74, 6) is 0.0900. The van der Waals surface area contributed by atoms with Crippen LogP contribution in [0.15, 0.2) is 30.6 Å². The second kappa shape index (κ2) is 7.11. The normalized spacial score (nSPS) is 10.8. The zero-order chi connectivity index (χ0) is 19.7. The molecular weight excluding hydrogens is 342 g/mol. The maximum Gasteiger partial charge on any atom is 0.272 e. The van der Waals surface area contributed by atoms with Gasteiger partial charge in [-0.25, -0.2) is 9.97 Å². The summed E-state index contributed by atoms with van der Waals surface area (Å²) in [7, 11) is 3.35. The van der Waals surface area contributed by atoms with Gasteiger partial charge in [-0.1, -0.05) is 6.92 Å². The average Bonchev–Trinajstić information content (AvgIpc) is 2.65. The number of pyridine rings is 3. The first-order valence-corrected chi connectivity index (χ1v) is 8.60. The van der Waals surface area contributed by atoms with E-state index >= 15 is 0 Å². The molecule has 1 amide bonds. The largest absolute Gasteiger partial charge is 0.384 e. The molecule has 27 heavy (non-hydrogen) atoms. The molecule has 7 heteroatoms. The van der Waals surface area contributed by atoms with Gasteiger partial charge >= 0.3 is 0 Å². The van der Waals surface area contributed by atoms with E-state index in [4.69, 9.17) is 5.73 Å². The minimum atomic E-state index is -0.226. The van der Waals surface area contributed by atoms with Crippen molar-refractivity contribution < 1.29 is 9.59 Å². The lowest BCUT2D eigenvalue weighted by Gasteiger charge is -2.16. The number of carbonyl (C=O) groups excluding carboxylic acids is 2. The zero-order valence-corrected chi connectivity index (χ0v) is 15.8. The molecule has 0 aromatic carbocycles. The van der Waals surface area contributed by atoms with Crippen LogP contribution in [0.5, 0.6) is 0 Å². The van der Waals surface area contributed by atoms with E-state index in [-0.39, 0.29) is 11.7 Å². The van der Waals surface area contributed by atoms with Crippen molar-refractivity contribution in [3.05, 3.63) is 47.5 Å². The molecule has 0 fully saturated rings. The lowest BCUT2D eigenvalue weighted by Crippen LogP contribution is -2.23. The Morgan fingerprint density at radius 1 is 1.07 bits per heavy atom. The number of aryl methyl sites for hydroxylation is 1. The van der Waals surface area contributed by atoms with Crippen molar-refractivity contribution in [2.24, 2.45) is 0 Å². The lowest BCUT2D eigenvalue weighted by molar-refractivity contribution is 0.0823. The number of Topliss-reactive ketones (excluding diaryl/α,β-unsaturated/α-hetero) is 1. The number of carbonyl (C=O) groups is 2. The highest BCUT2D eigenvalue weighted by atomic mass is 16.2. The third-order valence-electron chi connectivity index (χ3n) is 4.34. The van der Waals surface area contributed by atoms with Gasteiger partial charge < -0.3 is 10.6 Å². The Morgan fingerprint density at radius 3 is 2.44 bits per heavy atom. The number of ketones is 1. The number of aromatic nitrogens is 3. The molecule has 0 spiro atoms. The molecule has 3 aromatic heterocycles. The fourth-order valence-corrected chi connectivity index (χ4v) is 2.84. The number of hydrogen-bond donors (Lipinski definition) is 1. The van der Waals surface area contributed by atoms with Crippen molar-refractivity contribution in [1.82, 2.24) is 19.9 Å².